The molecular formula is C11H14F2N3O12P3S. The van der Waals surface area contributed by atoms with Crippen LogP contribution in [-0.2, 0) is 31.6 Å². The van der Waals surface area contributed by atoms with E-state index in [-0.39, 0.29) is 0 Å². The van der Waals surface area contributed by atoms with Crippen LogP contribution in [0.2, 0.25) is 0 Å². The van der Waals surface area contributed by atoms with Crippen molar-refractivity contribution in [3.8, 4) is 12.3 Å². The SMILES string of the molecule is C#CC1(O)C(F)C(COP(=O)(O)OP(=O)(O)OP(=O)(O)O)OC1n1cc(F)c(N)nc1=S. The number of terminal acetylenes is 1. The van der Waals surface area contributed by atoms with Crippen LogP contribution < -0.4 is 5.73 Å². The number of ether oxygens (including phenoxy) is 1. The molecule has 1 aromatic heterocycles. The van der Waals surface area contributed by atoms with E-state index in [2.05, 4.69) is 18.1 Å². The number of hydrogen-bond donors (Lipinski definition) is 6. The maximum Gasteiger partial charge on any atom is 0.490 e. The number of alkyl halides is 1. The summed E-state index contributed by atoms with van der Waals surface area (Å²) in [5.41, 5.74) is 2.42. The molecule has 2 heterocycles. The molecule has 1 aliphatic rings. The van der Waals surface area contributed by atoms with E-state index in [1.807, 2.05) is 0 Å². The largest absolute Gasteiger partial charge is 0.490 e. The number of nitrogens with zero attached hydrogens (tertiary/aromatic N) is 2. The minimum atomic E-state index is -5.82. The maximum atomic E-state index is 14.8. The molecule has 0 spiro atoms. The van der Waals surface area contributed by atoms with Gasteiger partial charge in [-0.2, -0.15) is 13.6 Å². The molecule has 1 aromatic rings. The Balaban J connectivity index is 2.22. The molecule has 0 amide bonds. The number of phosphoric ester groups is 1. The van der Waals surface area contributed by atoms with Gasteiger partial charge in [0.05, 0.1) is 6.61 Å². The molecule has 15 nitrogen and oxygen atoms in total. The average Bonchev–Trinajstić information content (AvgIpc) is 2.85. The Labute approximate surface area is 182 Å². The molecule has 6 unspecified atom stereocenters. The molecule has 6 atom stereocenters. The van der Waals surface area contributed by atoms with Gasteiger partial charge in [-0.25, -0.2) is 22.5 Å². The van der Waals surface area contributed by atoms with Crippen LogP contribution in [-0.4, -0.2) is 58.7 Å². The number of nitrogens with two attached hydrogens (primary N) is 1. The highest BCUT2D eigenvalue weighted by Gasteiger charge is 2.57. The summed E-state index contributed by atoms with van der Waals surface area (Å²) in [6.07, 6.45) is -0.691. The summed E-state index contributed by atoms with van der Waals surface area (Å²) in [5, 5.41) is 10.5. The second-order valence-electron chi connectivity index (χ2n) is 5.95. The molecule has 1 saturated heterocycles. The molecule has 0 saturated carbocycles. The molecule has 7 N–H and O–H groups in total. The van der Waals surface area contributed by atoms with E-state index < -0.39 is 70.6 Å². The first-order valence-corrected chi connectivity index (χ1v) is 12.7. The summed E-state index contributed by atoms with van der Waals surface area (Å²) < 4.78 is 78.8. The van der Waals surface area contributed by atoms with Gasteiger partial charge in [-0.05, 0) is 12.2 Å². The van der Waals surface area contributed by atoms with E-state index in [4.69, 9.17) is 43.8 Å². The summed E-state index contributed by atoms with van der Waals surface area (Å²) in [6, 6.07) is 0. The highest BCUT2D eigenvalue weighted by Crippen LogP contribution is 2.66. The predicted octanol–water partition coefficient (Wildman–Crippen LogP) is 0.277. The van der Waals surface area contributed by atoms with Gasteiger partial charge >= 0.3 is 23.5 Å². The lowest BCUT2D eigenvalue weighted by Gasteiger charge is -2.26. The topological polar surface area (TPSA) is 233 Å². The Morgan fingerprint density at radius 3 is 2.44 bits per heavy atom. The van der Waals surface area contributed by atoms with E-state index >= 15 is 0 Å². The maximum absolute atomic E-state index is 14.8. The Morgan fingerprint density at radius 2 is 1.91 bits per heavy atom. The Kier molecular flexibility index (Phi) is 7.83. The van der Waals surface area contributed by atoms with Crippen LogP contribution in [0.25, 0.3) is 0 Å². The lowest BCUT2D eigenvalue weighted by Crippen LogP contribution is -2.43. The van der Waals surface area contributed by atoms with Crippen LogP contribution in [0.1, 0.15) is 6.23 Å². The fourth-order valence-electron chi connectivity index (χ4n) is 2.41. The van der Waals surface area contributed by atoms with Crippen molar-refractivity contribution >= 4 is 41.5 Å². The zero-order chi connectivity index (χ0) is 24.7. The summed E-state index contributed by atoms with van der Waals surface area (Å²) in [7, 11) is -17.1. The van der Waals surface area contributed by atoms with E-state index in [9.17, 15) is 32.5 Å². The molecule has 32 heavy (non-hydrogen) atoms. The van der Waals surface area contributed by atoms with Crippen molar-refractivity contribution in [3.05, 3.63) is 16.8 Å². The van der Waals surface area contributed by atoms with Gasteiger partial charge in [0.25, 0.3) is 0 Å². The van der Waals surface area contributed by atoms with Crippen molar-refractivity contribution in [2.45, 2.75) is 24.1 Å². The number of nitrogen functional groups attached to an aromatic ring is 1. The summed E-state index contributed by atoms with van der Waals surface area (Å²) in [4.78, 5) is 38.9. The zero-order valence-corrected chi connectivity index (χ0v) is 18.7. The van der Waals surface area contributed by atoms with Crippen LogP contribution in [0.5, 0.6) is 0 Å². The van der Waals surface area contributed by atoms with Crippen molar-refractivity contribution < 1.29 is 65.0 Å². The van der Waals surface area contributed by atoms with Crippen molar-refractivity contribution in [1.82, 2.24) is 9.55 Å². The van der Waals surface area contributed by atoms with Crippen molar-refractivity contribution in [2.75, 3.05) is 12.3 Å². The summed E-state index contributed by atoms with van der Waals surface area (Å²) in [5.74, 6) is -0.0585. The molecule has 0 radical (unpaired) electrons. The van der Waals surface area contributed by atoms with Crippen LogP contribution in [0.4, 0.5) is 14.6 Å². The van der Waals surface area contributed by atoms with Crippen LogP contribution in [0, 0.1) is 22.9 Å². The third-order valence-electron chi connectivity index (χ3n) is 3.66. The quantitative estimate of drug-likeness (QED) is 0.147. The van der Waals surface area contributed by atoms with Gasteiger partial charge in [-0.1, -0.05) is 5.92 Å². The third-order valence-corrected chi connectivity index (χ3v) is 7.77. The lowest BCUT2D eigenvalue weighted by molar-refractivity contribution is -0.0738. The van der Waals surface area contributed by atoms with Crippen LogP contribution >= 0.6 is 35.7 Å². The van der Waals surface area contributed by atoms with Gasteiger partial charge in [0.15, 0.2) is 24.0 Å². The lowest BCUT2D eigenvalue weighted by atomic mass is 9.96. The van der Waals surface area contributed by atoms with Crippen molar-refractivity contribution in [1.29, 1.82) is 0 Å². The zero-order valence-electron chi connectivity index (χ0n) is 15.2. The van der Waals surface area contributed by atoms with Crippen molar-refractivity contribution in [2.24, 2.45) is 0 Å². The monoisotopic (exact) mass is 543 g/mol. The van der Waals surface area contributed by atoms with Gasteiger partial charge in [0.2, 0.25) is 10.4 Å². The first-order valence-electron chi connectivity index (χ1n) is 7.73. The van der Waals surface area contributed by atoms with Gasteiger partial charge in [-0.15, -0.1) is 6.42 Å². The molecule has 0 bridgehead atoms. The number of anilines is 1. The van der Waals surface area contributed by atoms with Crippen molar-refractivity contribution in [3.63, 3.8) is 0 Å². The molecule has 180 valence electrons. The van der Waals surface area contributed by atoms with Gasteiger partial charge < -0.3 is 35.2 Å². The fourth-order valence-corrected chi connectivity index (χ4v) is 5.68. The average molecular weight is 543 g/mol. The highest BCUT2D eigenvalue weighted by atomic mass is 32.1. The van der Waals surface area contributed by atoms with Crippen LogP contribution in [0.3, 0.4) is 0 Å². The number of hydrogen-bond acceptors (Lipinski definition) is 11. The van der Waals surface area contributed by atoms with E-state index in [0.29, 0.717) is 10.8 Å². The van der Waals surface area contributed by atoms with E-state index in [1.165, 1.54) is 0 Å². The van der Waals surface area contributed by atoms with Crippen LogP contribution in [0.15, 0.2) is 6.20 Å². The van der Waals surface area contributed by atoms with Gasteiger partial charge in [-0.3, -0.25) is 9.09 Å². The minimum Gasteiger partial charge on any atom is -0.381 e. The number of aromatic nitrogens is 2. The Bertz CT molecular complexity index is 1140. The van der Waals surface area contributed by atoms with E-state index in [1.54, 1.807) is 5.92 Å². The molecule has 0 aromatic carbocycles. The second kappa shape index (κ2) is 9.24. The minimum absolute atomic E-state index is 0.483. The molecule has 1 aliphatic heterocycles. The first-order chi connectivity index (χ1) is 14.4. The number of phosphoric acid groups is 3. The Morgan fingerprint density at radius 1 is 1.31 bits per heavy atom. The number of halogens is 2. The standard InChI is InChI=1S/C11H14F2N3O12P3S/c1-2-11(17)7(13)6(26-9(11)16-3-5(12)8(14)15-10(16)32)4-25-30(21,22)28-31(23,24)27-29(18,19)20/h1,3,6-7,9,17H,4H2,(H,21,22)(H,23,24)(H2,14,15,32)(H2,18,19,20). The normalized spacial score (nSPS) is 29.8. The molecule has 1 fully saturated rings. The molecular weight excluding hydrogens is 529 g/mol. The van der Waals surface area contributed by atoms with Gasteiger partial charge in [0.1, 0.15) is 6.10 Å². The third kappa shape index (κ3) is 6.25. The first kappa shape index (κ1) is 27.1. The van der Waals surface area contributed by atoms with E-state index in [0.717, 1.165) is 0 Å². The number of aliphatic hydroxyl groups is 1. The summed E-state index contributed by atoms with van der Waals surface area (Å²) in [6.45, 7) is -1.27. The molecule has 21 heteroatoms. The second-order valence-corrected chi connectivity index (χ2v) is 10.7. The fraction of sp³-hybridized carbons (Fsp3) is 0.455. The number of rotatable bonds is 8. The summed E-state index contributed by atoms with van der Waals surface area (Å²) >= 11 is 4.84. The highest BCUT2D eigenvalue weighted by molar-refractivity contribution is 7.71. The predicted molar refractivity (Wildman–Crippen MR) is 99.8 cm³/mol. The molecule has 0 aliphatic carbocycles. The smallest absolute Gasteiger partial charge is 0.381 e. The Hall–Kier alpha value is -1.15. The molecule has 2 rings (SSSR count). The van der Waals surface area contributed by atoms with Gasteiger partial charge in [0, 0.05) is 6.20 Å².